The van der Waals surface area contributed by atoms with Crippen LogP contribution in [0, 0.1) is 5.82 Å². The van der Waals surface area contributed by atoms with E-state index in [9.17, 15) is 18.5 Å². The maximum absolute atomic E-state index is 14.6. The quantitative estimate of drug-likeness (QED) is 0.416. The third kappa shape index (κ3) is 5.17. The number of amides is 1. The van der Waals surface area contributed by atoms with Crippen LogP contribution in [0.25, 0.3) is 22.4 Å². The van der Waals surface area contributed by atoms with Crippen LogP contribution in [-0.2, 0) is 17.5 Å². The Balaban J connectivity index is 1.65. The van der Waals surface area contributed by atoms with Crippen LogP contribution in [0.15, 0.2) is 54.6 Å². The van der Waals surface area contributed by atoms with E-state index in [1.54, 1.807) is 24.3 Å². The monoisotopic (exact) mass is 535 g/mol. The topological polar surface area (TPSA) is 82.5 Å². The highest BCUT2D eigenvalue weighted by Crippen LogP contribution is 2.44. The molecule has 6 nitrogen and oxygen atoms in total. The molecule has 5 rings (SSSR count). The van der Waals surface area contributed by atoms with Gasteiger partial charge in [0.15, 0.2) is 0 Å². The molecule has 200 valence electrons. The third-order valence-electron chi connectivity index (χ3n) is 7.28. The van der Waals surface area contributed by atoms with Gasteiger partial charge in [-0.25, -0.2) is 17.9 Å². The number of nitrogens with zero attached hydrogens (tertiary/aromatic N) is 2. The maximum atomic E-state index is 14.6. The molecule has 0 spiro atoms. The minimum Gasteiger partial charge on any atom is -0.396 e. The van der Waals surface area contributed by atoms with Gasteiger partial charge in [-0.2, -0.15) is 0 Å². The van der Waals surface area contributed by atoms with Crippen LogP contribution >= 0.6 is 0 Å². The number of pyridine rings is 1. The van der Waals surface area contributed by atoms with Gasteiger partial charge < -0.3 is 10.4 Å². The maximum Gasteiger partial charge on any atom is 0.270 e. The lowest BCUT2D eigenvalue weighted by molar-refractivity contribution is 0.0912. The van der Waals surface area contributed by atoms with E-state index in [-0.39, 0.29) is 30.4 Å². The minimum atomic E-state index is -1.35. The van der Waals surface area contributed by atoms with Gasteiger partial charge in [0.05, 0.1) is 16.5 Å². The molecule has 2 atom stereocenters. The largest absolute Gasteiger partial charge is 0.396 e. The summed E-state index contributed by atoms with van der Waals surface area (Å²) >= 11 is 0. The van der Waals surface area contributed by atoms with Gasteiger partial charge in [-0.1, -0.05) is 36.4 Å². The number of hydrogen-bond donors (Lipinski definition) is 2. The van der Waals surface area contributed by atoms with Crippen molar-refractivity contribution in [3.8, 4) is 22.4 Å². The van der Waals surface area contributed by atoms with Crippen molar-refractivity contribution >= 4 is 16.9 Å². The summed E-state index contributed by atoms with van der Waals surface area (Å²) in [5.74, 6) is -0.542. The minimum absolute atomic E-state index is 0.0828. The van der Waals surface area contributed by atoms with Crippen molar-refractivity contribution in [2.24, 2.45) is 0 Å². The van der Waals surface area contributed by atoms with Crippen molar-refractivity contribution in [3.63, 3.8) is 0 Å². The number of fused-ring (bicyclic) bond motifs is 1. The fourth-order valence-electron chi connectivity index (χ4n) is 5.15. The second-order valence-electron chi connectivity index (χ2n) is 11.1. The lowest BCUT2D eigenvalue weighted by Gasteiger charge is -2.30. The van der Waals surface area contributed by atoms with E-state index in [1.807, 2.05) is 49.3 Å². The molecule has 0 bridgehead atoms. The van der Waals surface area contributed by atoms with Gasteiger partial charge in [-0.3, -0.25) is 4.79 Å². The summed E-state index contributed by atoms with van der Waals surface area (Å²) in [5.41, 5.74) is 4.58. The Labute approximate surface area is 225 Å². The van der Waals surface area contributed by atoms with Crippen molar-refractivity contribution in [2.45, 2.75) is 69.8 Å². The van der Waals surface area contributed by atoms with Crippen LogP contribution in [-0.4, -0.2) is 41.9 Å². The summed E-state index contributed by atoms with van der Waals surface area (Å²) in [7, 11) is -1.35. The third-order valence-corrected chi connectivity index (χ3v) is 9.14. The van der Waals surface area contributed by atoms with Crippen molar-refractivity contribution in [1.29, 1.82) is 0 Å². The molecule has 1 fully saturated rings. The number of aliphatic hydroxyl groups is 1. The molecule has 0 unspecified atom stereocenters. The zero-order valence-corrected chi connectivity index (χ0v) is 22.9. The smallest absolute Gasteiger partial charge is 0.270 e. The van der Waals surface area contributed by atoms with Crippen LogP contribution in [0.1, 0.15) is 74.1 Å². The van der Waals surface area contributed by atoms with Gasteiger partial charge in [-0.15, -0.1) is 0 Å². The average molecular weight is 536 g/mol. The Morgan fingerprint density at radius 3 is 2.53 bits per heavy atom. The van der Waals surface area contributed by atoms with Crippen LogP contribution in [0.5, 0.6) is 0 Å². The van der Waals surface area contributed by atoms with Crippen LogP contribution in [0.3, 0.4) is 0 Å². The molecule has 0 radical (unpaired) electrons. The Kier molecular flexibility index (Phi) is 7.49. The molecular formula is C30H34FN3O3S. The summed E-state index contributed by atoms with van der Waals surface area (Å²) in [5, 5.41) is 13.0. The number of carbonyl (C=O) groups excluding carboxylic acids is 1. The molecule has 0 saturated heterocycles. The van der Waals surface area contributed by atoms with Crippen molar-refractivity contribution in [2.75, 3.05) is 6.61 Å². The molecule has 1 aliphatic heterocycles. The zero-order chi connectivity index (χ0) is 27.0. The Morgan fingerprint density at radius 2 is 1.87 bits per heavy atom. The molecule has 1 amide bonds. The second kappa shape index (κ2) is 10.7. The first kappa shape index (κ1) is 26.7. The fourth-order valence-corrected chi connectivity index (χ4v) is 6.55. The number of nitrogens with one attached hydrogen (secondary N) is 1. The molecule has 1 saturated carbocycles. The van der Waals surface area contributed by atoms with E-state index in [1.165, 1.54) is 6.07 Å². The van der Waals surface area contributed by atoms with Gasteiger partial charge in [0.25, 0.3) is 5.91 Å². The number of aliphatic hydroxyl groups excluding tert-OH is 1. The van der Waals surface area contributed by atoms with Gasteiger partial charge >= 0.3 is 0 Å². The van der Waals surface area contributed by atoms with Gasteiger partial charge in [0, 0.05) is 35.9 Å². The number of hydrogen-bond acceptors (Lipinski definition) is 4. The number of rotatable bonds is 7. The molecule has 38 heavy (non-hydrogen) atoms. The summed E-state index contributed by atoms with van der Waals surface area (Å²) in [4.78, 5) is 18.1. The Hall–Kier alpha value is -2.94. The highest BCUT2D eigenvalue weighted by atomic mass is 32.2. The lowest BCUT2D eigenvalue weighted by atomic mass is 9.92. The first-order valence-corrected chi connectivity index (χ1v) is 14.3. The van der Waals surface area contributed by atoms with E-state index in [0.29, 0.717) is 35.5 Å². The number of benzene rings is 2. The van der Waals surface area contributed by atoms with Crippen molar-refractivity contribution in [3.05, 3.63) is 77.2 Å². The normalized spacial score (nSPS) is 18.6. The average Bonchev–Trinajstić information content (AvgIpc) is 3.23. The summed E-state index contributed by atoms with van der Waals surface area (Å²) in [6.07, 6.45) is 3.41. The highest BCUT2D eigenvalue weighted by molar-refractivity contribution is 7.84. The van der Waals surface area contributed by atoms with Crippen molar-refractivity contribution < 1.29 is 18.5 Å². The predicted molar refractivity (Wildman–Crippen MR) is 148 cm³/mol. The van der Waals surface area contributed by atoms with Crippen LogP contribution < -0.4 is 5.32 Å². The molecule has 2 aromatic carbocycles. The Bertz CT molecular complexity index is 1380. The van der Waals surface area contributed by atoms with Crippen LogP contribution in [0.4, 0.5) is 4.39 Å². The lowest BCUT2D eigenvalue weighted by Crippen LogP contribution is -2.39. The summed E-state index contributed by atoms with van der Waals surface area (Å²) in [6.45, 7) is 6.08. The molecule has 3 aromatic rings. The zero-order valence-electron chi connectivity index (χ0n) is 22.0. The van der Waals surface area contributed by atoms with E-state index < -0.39 is 15.7 Å². The van der Waals surface area contributed by atoms with E-state index in [4.69, 9.17) is 4.98 Å². The van der Waals surface area contributed by atoms with E-state index >= 15 is 0 Å². The van der Waals surface area contributed by atoms with E-state index in [0.717, 1.165) is 36.0 Å². The molecule has 1 aliphatic carbocycles. The molecule has 1 aromatic heterocycles. The SMILES string of the molecule is CC(C)(C)[S@@](=O)N1Cc2cc(C(=O)NC3CCC3)nc(-c3cccc(-c4ccccc4F)c3)c2[C@H]1CCO. The van der Waals surface area contributed by atoms with Crippen molar-refractivity contribution in [1.82, 2.24) is 14.6 Å². The second-order valence-corrected chi connectivity index (χ2v) is 13.2. The first-order chi connectivity index (χ1) is 18.2. The molecule has 2 aliphatic rings. The van der Waals surface area contributed by atoms with Gasteiger partial charge in [0.2, 0.25) is 0 Å². The van der Waals surface area contributed by atoms with Gasteiger partial charge in [-0.05, 0) is 75.8 Å². The summed E-state index contributed by atoms with van der Waals surface area (Å²) in [6, 6.07) is 15.7. The standard InChI is InChI=1S/C30H34FN3O3S/c1-30(2,3)38(37)34-18-21-17-25(29(36)32-22-10-7-11-22)33-28(27(21)26(34)14-15-35)20-9-6-8-19(16-20)23-12-4-5-13-24(23)31/h4-6,8-9,12-13,16-17,22,26,35H,7,10-11,14-15,18H2,1-3H3,(H,32,36)/t26-,38-/m1/s1. The number of carbonyl (C=O) groups is 1. The highest BCUT2D eigenvalue weighted by Gasteiger charge is 2.40. The van der Waals surface area contributed by atoms with Gasteiger partial charge in [0.1, 0.15) is 22.5 Å². The number of aromatic nitrogens is 1. The van der Waals surface area contributed by atoms with Crippen LogP contribution in [0.2, 0.25) is 0 Å². The summed E-state index contributed by atoms with van der Waals surface area (Å²) < 4.78 is 29.6. The Morgan fingerprint density at radius 1 is 1.13 bits per heavy atom. The molecule has 2 heterocycles. The predicted octanol–water partition coefficient (Wildman–Crippen LogP) is 5.54. The first-order valence-electron chi connectivity index (χ1n) is 13.2. The number of halogens is 1. The fraction of sp³-hybridized carbons (Fsp3) is 0.400. The molecule has 2 N–H and O–H groups in total. The molecule has 8 heteroatoms. The van der Waals surface area contributed by atoms with E-state index in [2.05, 4.69) is 5.32 Å². The molecular weight excluding hydrogens is 501 g/mol.